The number of aliphatic hydroxyl groups is 1. The SMILES string of the molecule is CC(O)(C(=O)Nc1ccc(S(=O)(=O)Nc2ccc(S(=O)(=O)F)cc2)cc1Cl)C(F)(F)F. The summed E-state index contributed by atoms with van der Waals surface area (Å²) in [7, 11) is -9.27. The molecule has 2 rings (SSSR count). The predicted octanol–water partition coefficient (Wildman–Crippen LogP) is 3.05. The van der Waals surface area contributed by atoms with Gasteiger partial charge in [-0.3, -0.25) is 9.52 Å². The molecule has 8 nitrogen and oxygen atoms in total. The van der Waals surface area contributed by atoms with Crippen LogP contribution >= 0.6 is 11.6 Å². The van der Waals surface area contributed by atoms with Gasteiger partial charge in [0, 0.05) is 5.69 Å². The van der Waals surface area contributed by atoms with Gasteiger partial charge in [0.1, 0.15) is 0 Å². The molecule has 0 fully saturated rings. The molecule has 0 heterocycles. The molecule has 0 spiro atoms. The average molecular weight is 505 g/mol. The van der Waals surface area contributed by atoms with Gasteiger partial charge in [0.25, 0.3) is 15.9 Å². The van der Waals surface area contributed by atoms with Gasteiger partial charge < -0.3 is 10.4 Å². The second kappa shape index (κ2) is 8.26. The summed E-state index contributed by atoms with van der Waals surface area (Å²) in [6.45, 7) is 0.235. The van der Waals surface area contributed by atoms with E-state index < -0.39 is 58.4 Å². The van der Waals surface area contributed by atoms with Crippen LogP contribution in [0, 0.1) is 0 Å². The van der Waals surface area contributed by atoms with Crippen LogP contribution in [0.25, 0.3) is 0 Å². The topological polar surface area (TPSA) is 130 Å². The van der Waals surface area contributed by atoms with E-state index in [0.717, 1.165) is 42.5 Å². The molecule has 0 bridgehead atoms. The Morgan fingerprint density at radius 3 is 1.97 bits per heavy atom. The van der Waals surface area contributed by atoms with E-state index in [1.54, 1.807) is 5.32 Å². The number of nitrogens with one attached hydrogen (secondary N) is 2. The molecular formula is C16H13ClF4N2O6S2. The van der Waals surface area contributed by atoms with Crippen LogP contribution < -0.4 is 10.0 Å². The highest BCUT2D eigenvalue weighted by Gasteiger charge is 2.55. The van der Waals surface area contributed by atoms with E-state index in [1.807, 2.05) is 0 Å². The normalized spacial score (nSPS) is 14.5. The number of carbonyl (C=O) groups is 1. The highest BCUT2D eigenvalue weighted by Crippen LogP contribution is 2.33. The van der Waals surface area contributed by atoms with Crippen LogP contribution in [0.5, 0.6) is 0 Å². The van der Waals surface area contributed by atoms with E-state index in [4.69, 9.17) is 11.6 Å². The van der Waals surface area contributed by atoms with Gasteiger partial charge in [0.15, 0.2) is 0 Å². The number of benzene rings is 2. The van der Waals surface area contributed by atoms with Crippen molar-refractivity contribution >= 4 is 49.1 Å². The van der Waals surface area contributed by atoms with Crippen molar-refractivity contribution in [1.82, 2.24) is 0 Å². The van der Waals surface area contributed by atoms with Gasteiger partial charge in [0.05, 0.1) is 20.5 Å². The third-order valence-corrected chi connectivity index (χ3v) is 6.41. The zero-order valence-corrected chi connectivity index (χ0v) is 17.6. The molecule has 1 unspecified atom stereocenters. The maximum Gasteiger partial charge on any atom is 0.426 e. The highest BCUT2D eigenvalue weighted by molar-refractivity contribution is 7.92. The van der Waals surface area contributed by atoms with Crippen molar-refractivity contribution in [3.8, 4) is 0 Å². The predicted molar refractivity (Wildman–Crippen MR) is 102 cm³/mol. The summed E-state index contributed by atoms with van der Waals surface area (Å²) in [5.41, 5.74) is -4.24. The highest BCUT2D eigenvalue weighted by atomic mass is 35.5. The molecule has 170 valence electrons. The molecule has 31 heavy (non-hydrogen) atoms. The Kier molecular flexibility index (Phi) is 6.62. The molecule has 0 saturated heterocycles. The minimum Gasteiger partial charge on any atom is -0.373 e. The summed E-state index contributed by atoms with van der Waals surface area (Å²) < 4.78 is 99.5. The molecule has 15 heteroatoms. The van der Waals surface area contributed by atoms with Crippen LogP contribution in [-0.2, 0) is 25.0 Å². The fourth-order valence-electron chi connectivity index (χ4n) is 2.04. The number of halogens is 5. The summed E-state index contributed by atoms with van der Waals surface area (Å²) in [6.07, 6.45) is -5.27. The molecule has 2 aromatic rings. The second-order valence-electron chi connectivity index (χ2n) is 6.23. The van der Waals surface area contributed by atoms with Crippen LogP contribution in [0.2, 0.25) is 5.02 Å². The summed E-state index contributed by atoms with van der Waals surface area (Å²) in [5, 5.41) is 10.6. The van der Waals surface area contributed by atoms with E-state index >= 15 is 0 Å². The zero-order valence-electron chi connectivity index (χ0n) is 15.2. The minimum atomic E-state index is -5.27. The second-order valence-corrected chi connectivity index (χ2v) is 9.67. The maximum absolute atomic E-state index is 12.9. The van der Waals surface area contributed by atoms with E-state index in [1.165, 1.54) is 0 Å². The summed E-state index contributed by atoms with van der Waals surface area (Å²) >= 11 is 5.84. The van der Waals surface area contributed by atoms with Gasteiger partial charge in [-0.25, -0.2) is 8.42 Å². The number of rotatable bonds is 6. The van der Waals surface area contributed by atoms with Crippen molar-refractivity contribution < 1.29 is 43.8 Å². The smallest absolute Gasteiger partial charge is 0.373 e. The van der Waals surface area contributed by atoms with Gasteiger partial charge in [-0.15, -0.1) is 3.89 Å². The summed E-state index contributed by atoms with van der Waals surface area (Å²) in [4.78, 5) is 10.6. The Bertz CT molecular complexity index is 1210. The van der Waals surface area contributed by atoms with Crippen molar-refractivity contribution in [1.29, 1.82) is 0 Å². The quantitative estimate of drug-likeness (QED) is 0.409. The molecule has 0 aromatic heterocycles. The van der Waals surface area contributed by atoms with Crippen LogP contribution in [0.15, 0.2) is 52.3 Å². The molecule has 1 amide bonds. The number of alkyl halides is 3. The Labute approximate surface area is 179 Å². The fraction of sp³-hybridized carbons (Fsp3) is 0.188. The van der Waals surface area contributed by atoms with Crippen LogP contribution in [0.3, 0.4) is 0 Å². The molecule has 0 aliphatic carbocycles. The number of anilines is 2. The van der Waals surface area contributed by atoms with Crippen molar-refractivity contribution in [2.75, 3.05) is 10.0 Å². The Balaban J connectivity index is 2.24. The number of hydrogen-bond donors (Lipinski definition) is 3. The standard InChI is InChI=1S/C16H13ClF4N2O6S2/c1-15(25,16(18,19)20)14(24)22-13-7-6-11(8-12(13)17)31(28,29)23-9-2-4-10(5-3-9)30(21,26)27/h2-8,23,25H,1H3,(H,22,24). The molecule has 2 aromatic carbocycles. The van der Waals surface area contributed by atoms with Crippen molar-refractivity contribution in [3.05, 3.63) is 47.5 Å². The van der Waals surface area contributed by atoms with E-state index in [-0.39, 0.29) is 12.6 Å². The lowest BCUT2D eigenvalue weighted by Crippen LogP contribution is -2.52. The van der Waals surface area contributed by atoms with Gasteiger partial charge in [0.2, 0.25) is 5.60 Å². The van der Waals surface area contributed by atoms with Crippen molar-refractivity contribution in [2.24, 2.45) is 0 Å². The van der Waals surface area contributed by atoms with Crippen LogP contribution in [0.1, 0.15) is 6.92 Å². The third kappa shape index (κ3) is 5.64. The Morgan fingerprint density at radius 2 is 1.52 bits per heavy atom. The van der Waals surface area contributed by atoms with Crippen molar-refractivity contribution in [3.63, 3.8) is 0 Å². The number of amides is 1. The molecular weight excluding hydrogens is 492 g/mol. The monoisotopic (exact) mass is 504 g/mol. The van der Waals surface area contributed by atoms with E-state index in [0.29, 0.717) is 0 Å². The molecule has 1 atom stereocenters. The van der Waals surface area contributed by atoms with Gasteiger partial charge in [-0.05, 0) is 49.4 Å². The van der Waals surface area contributed by atoms with E-state index in [9.17, 15) is 43.8 Å². The average Bonchev–Trinajstić information content (AvgIpc) is 2.61. The summed E-state index contributed by atoms with van der Waals surface area (Å²) in [5.74, 6) is -1.83. The number of hydrogen-bond acceptors (Lipinski definition) is 6. The Morgan fingerprint density at radius 1 is 1.00 bits per heavy atom. The largest absolute Gasteiger partial charge is 0.426 e. The molecule has 0 aliphatic heterocycles. The first-order chi connectivity index (χ1) is 13.9. The molecule has 0 aliphatic rings. The van der Waals surface area contributed by atoms with Gasteiger partial charge in [-0.1, -0.05) is 11.6 Å². The lowest BCUT2D eigenvalue weighted by atomic mass is 10.1. The maximum atomic E-state index is 12.9. The fourth-order valence-corrected chi connectivity index (χ4v) is 3.87. The molecule has 0 radical (unpaired) electrons. The van der Waals surface area contributed by atoms with Crippen molar-refractivity contribution in [2.45, 2.75) is 28.5 Å². The first-order valence-corrected chi connectivity index (χ1v) is 11.2. The first-order valence-electron chi connectivity index (χ1n) is 7.93. The molecule has 3 N–H and O–H groups in total. The minimum absolute atomic E-state index is 0.123. The van der Waals surface area contributed by atoms with Crippen LogP contribution in [0.4, 0.5) is 28.4 Å². The zero-order chi connectivity index (χ0) is 23.8. The number of sulfonamides is 1. The Hall–Kier alpha value is -2.42. The lowest BCUT2D eigenvalue weighted by Gasteiger charge is -2.25. The van der Waals surface area contributed by atoms with Gasteiger partial charge in [-0.2, -0.15) is 21.6 Å². The van der Waals surface area contributed by atoms with Crippen LogP contribution in [-0.4, -0.2) is 39.6 Å². The summed E-state index contributed by atoms with van der Waals surface area (Å²) in [6, 6.07) is 6.25. The third-order valence-electron chi connectivity index (χ3n) is 3.88. The number of carbonyl (C=O) groups excluding carboxylic acids is 1. The van der Waals surface area contributed by atoms with Gasteiger partial charge >= 0.3 is 16.4 Å². The lowest BCUT2D eigenvalue weighted by molar-refractivity contribution is -0.242. The first kappa shape index (κ1) is 24.8. The molecule has 0 saturated carbocycles. The van der Waals surface area contributed by atoms with E-state index in [2.05, 4.69) is 4.72 Å².